The fraction of sp³-hybridized carbons (Fsp3) is 0.387. The van der Waals surface area contributed by atoms with E-state index in [1.807, 2.05) is 6.07 Å². The summed E-state index contributed by atoms with van der Waals surface area (Å²) in [4.78, 5) is 11.0. The minimum atomic E-state index is 0.231. The van der Waals surface area contributed by atoms with E-state index in [0.717, 1.165) is 37.4 Å². The zero-order valence-corrected chi connectivity index (χ0v) is 21.6. The number of hydrogen-bond acceptors (Lipinski definition) is 2. The number of benzene rings is 3. The molecule has 1 atom stereocenters. The fourth-order valence-corrected chi connectivity index (χ4v) is 4.60. The number of nitrogens with one attached hydrogen (secondary N) is 1. The van der Waals surface area contributed by atoms with Crippen molar-refractivity contribution in [1.82, 2.24) is 5.32 Å². The summed E-state index contributed by atoms with van der Waals surface area (Å²) in [6.07, 6.45) is 6.27. The zero-order chi connectivity index (χ0) is 24.3. The zero-order valence-electron chi connectivity index (χ0n) is 20.9. The van der Waals surface area contributed by atoms with Gasteiger partial charge in [0, 0.05) is 24.5 Å². The van der Waals surface area contributed by atoms with Gasteiger partial charge in [-0.15, -0.1) is 0 Å². The highest BCUT2D eigenvalue weighted by atomic mass is 35.5. The number of rotatable bonds is 13. The molecule has 0 heterocycles. The molecule has 0 saturated heterocycles. The molecular formula is C31H38ClNO. The maximum Gasteiger partial charge on any atom is 0.131 e. The second-order valence-electron chi connectivity index (χ2n) is 9.57. The van der Waals surface area contributed by atoms with E-state index in [1.54, 1.807) is 6.92 Å². The monoisotopic (exact) mass is 475 g/mol. The maximum atomic E-state index is 11.0. The lowest BCUT2D eigenvalue weighted by molar-refractivity contribution is -0.116. The minimum absolute atomic E-state index is 0.231. The van der Waals surface area contributed by atoms with Crippen LogP contribution in [0.15, 0.2) is 66.7 Å². The smallest absolute Gasteiger partial charge is 0.131 e. The van der Waals surface area contributed by atoms with Crippen LogP contribution in [0.25, 0.3) is 0 Å². The number of carbonyl (C=O) groups excluding carboxylic acids is 1. The van der Waals surface area contributed by atoms with Gasteiger partial charge < -0.3 is 5.32 Å². The number of ketones is 1. The highest BCUT2D eigenvalue weighted by Gasteiger charge is 2.13. The minimum Gasteiger partial charge on any atom is -0.312 e. The number of carbonyl (C=O) groups is 1. The summed E-state index contributed by atoms with van der Waals surface area (Å²) in [6.45, 7) is 7.56. The summed E-state index contributed by atoms with van der Waals surface area (Å²) in [5.74, 6) is 0.707. The summed E-state index contributed by atoms with van der Waals surface area (Å²) in [5, 5.41) is 4.15. The molecule has 0 aliphatic rings. The summed E-state index contributed by atoms with van der Waals surface area (Å²) < 4.78 is 0. The number of halogens is 1. The van der Waals surface area contributed by atoms with Crippen molar-refractivity contribution in [2.45, 2.75) is 71.8 Å². The second kappa shape index (κ2) is 13.5. The Balaban J connectivity index is 1.52. The van der Waals surface area contributed by atoms with Gasteiger partial charge in [-0.3, -0.25) is 4.79 Å². The van der Waals surface area contributed by atoms with Crippen molar-refractivity contribution in [2.75, 3.05) is 6.54 Å². The second-order valence-corrected chi connectivity index (χ2v) is 10.0. The average Bonchev–Trinajstić information content (AvgIpc) is 2.82. The molecule has 2 nitrogen and oxygen atoms in total. The summed E-state index contributed by atoms with van der Waals surface area (Å²) in [7, 11) is 0. The Morgan fingerprint density at radius 2 is 1.62 bits per heavy atom. The van der Waals surface area contributed by atoms with Crippen LogP contribution in [-0.2, 0) is 24.2 Å². The van der Waals surface area contributed by atoms with Gasteiger partial charge in [-0.2, -0.15) is 0 Å². The van der Waals surface area contributed by atoms with Crippen molar-refractivity contribution in [2.24, 2.45) is 0 Å². The molecule has 1 unspecified atom stereocenters. The van der Waals surface area contributed by atoms with Crippen LogP contribution in [0.5, 0.6) is 0 Å². The fourth-order valence-electron chi connectivity index (χ4n) is 4.40. The quantitative estimate of drug-likeness (QED) is 0.256. The van der Waals surface area contributed by atoms with Crippen LogP contribution in [0.1, 0.15) is 71.9 Å². The Morgan fingerprint density at radius 1 is 0.882 bits per heavy atom. The standard InChI is InChI=1S/C31H38ClNO/c1-23-11-12-28(19-24(23)2)20-29(30-9-6-10-31(32)21-30)8-5-4-7-26-13-15-27(16-14-26)22-33-18-17-25(3)34/h6,9-16,19,21,29,33H,4-5,7-8,17-18,20,22H2,1-3H3. The van der Waals surface area contributed by atoms with Gasteiger partial charge in [0.2, 0.25) is 0 Å². The Bertz CT molecular complexity index is 1060. The molecule has 3 aromatic rings. The molecule has 0 amide bonds. The van der Waals surface area contributed by atoms with Crippen molar-refractivity contribution >= 4 is 17.4 Å². The molecule has 3 rings (SSSR count). The average molecular weight is 476 g/mol. The first-order valence-corrected chi connectivity index (χ1v) is 12.9. The van der Waals surface area contributed by atoms with Crippen molar-refractivity contribution < 1.29 is 4.79 Å². The van der Waals surface area contributed by atoms with Gasteiger partial charge in [-0.05, 0) is 97.9 Å². The van der Waals surface area contributed by atoms with E-state index < -0.39 is 0 Å². The number of unbranched alkanes of at least 4 members (excludes halogenated alkanes) is 1. The molecule has 1 N–H and O–H groups in total. The molecule has 0 aliphatic carbocycles. The summed E-state index contributed by atoms with van der Waals surface area (Å²) in [6, 6.07) is 24.1. The topological polar surface area (TPSA) is 29.1 Å². The lowest BCUT2D eigenvalue weighted by Crippen LogP contribution is -2.16. The third-order valence-electron chi connectivity index (χ3n) is 6.65. The van der Waals surface area contributed by atoms with Gasteiger partial charge >= 0.3 is 0 Å². The molecule has 0 bridgehead atoms. The van der Waals surface area contributed by atoms with Crippen LogP contribution in [-0.4, -0.2) is 12.3 Å². The molecule has 0 radical (unpaired) electrons. The number of Topliss-reactive ketones (excluding diaryl/α,β-unsaturated/α-hetero) is 1. The van der Waals surface area contributed by atoms with Crippen LogP contribution in [0.3, 0.4) is 0 Å². The Morgan fingerprint density at radius 3 is 2.32 bits per heavy atom. The van der Waals surface area contributed by atoms with Crippen molar-refractivity contribution in [3.05, 3.63) is 105 Å². The normalized spacial score (nSPS) is 12.0. The maximum absolute atomic E-state index is 11.0. The van der Waals surface area contributed by atoms with Gasteiger partial charge in [0.05, 0.1) is 0 Å². The van der Waals surface area contributed by atoms with E-state index in [9.17, 15) is 4.79 Å². The van der Waals surface area contributed by atoms with Crippen LogP contribution in [0.4, 0.5) is 0 Å². The van der Waals surface area contributed by atoms with Crippen LogP contribution in [0.2, 0.25) is 5.02 Å². The van der Waals surface area contributed by atoms with Crippen molar-refractivity contribution in [1.29, 1.82) is 0 Å². The van der Waals surface area contributed by atoms with Gasteiger partial charge in [0.25, 0.3) is 0 Å². The highest BCUT2D eigenvalue weighted by Crippen LogP contribution is 2.29. The van der Waals surface area contributed by atoms with E-state index in [0.29, 0.717) is 12.3 Å². The van der Waals surface area contributed by atoms with Gasteiger partial charge in [-0.25, -0.2) is 0 Å². The van der Waals surface area contributed by atoms with E-state index in [2.05, 4.69) is 79.8 Å². The molecule has 34 heavy (non-hydrogen) atoms. The summed E-state index contributed by atoms with van der Waals surface area (Å²) in [5.41, 5.74) is 8.11. The SMILES string of the molecule is CC(=O)CCNCc1ccc(CCCCC(Cc2ccc(C)c(C)c2)c2cccc(Cl)c2)cc1. The molecule has 0 aromatic heterocycles. The molecular weight excluding hydrogens is 438 g/mol. The predicted octanol–water partition coefficient (Wildman–Crippen LogP) is 7.76. The van der Waals surface area contributed by atoms with Crippen LogP contribution < -0.4 is 5.32 Å². The van der Waals surface area contributed by atoms with E-state index in [4.69, 9.17) is 11.6 Å². The van der Waals surface area contributed by atoms with Gasteiger partial charge in [-0.1, -0.05) is 72.6 Å². The first kappa shape index (κ1) is 26.2. The number of aryl methyl sites for hydroxylation is 3. The Labute approximate surface area is 210 Å². The lowest BCUT2D eigenvalue weighted by Gasteiger charge is -2.19. The van der Waals surface area contributed by atoms with E-state index in [1.165, 1.54) is 46.2 Å². The Kier molecular flexibility index (Phi) is 10.4. The van der Waals surface area contributed by atoms with E-state index in [-0.39, 0.29) is 5.78 Å². The highest BCUT2D eigenvalue weighted by molar-refractivity contribution is 6.30. The molecule has 0 spiro atoms. The number of hydrogen-bond donors (Lipinski definition) is 1. The summed E-state index contributed by atoms with van der Waals surface area (Å²) >= 11 is 6.33. The largest absolute Gasteiger partial charge is 0.312 e. The molecule has 0 fully saturated rings. The first-order valence-electron chi connectivity index (χ1n) is 12.5. The third kappa shape index (κ3) is 8.74. The molecule has 0 saturated carbocycles. The van der Waals surface area contributed by atoms with Gasteiger partial charge in [0.1, 0.15) is 5.78 Å². The molecule has 180 valence electrons. The predicted molar refractivity (Wildman–Crippen MR) is 145 cm³/mol. The van der Waals surface area contributed by atoms with E-state index >= 15 is 0 Å². The van der Waals surface area contributed by atoms with Crippen LogP contribution >= 0.6 is 11.6 Å². The van der Waals surface area contributed by atoms with Crippen LogP contribution in [0, 0.1) is 13.8 Å². The lowest BCUT2D eigenvalue weighted by atomic mass is 9.86. The molecule has 3 aromatic carbocycles. The van der Waals surface area contributed by atoms with Crippen molar-refractivity contribution in [3.63, 3.8) is 0 Å². The molecule has 0 aliphatic heterocycles. The molecule has 3 heteroatoms. The van der Waals surface area contributed by atoms with Crippen molar-refractivity contribution in [3.8, 4) is 0 Å². The van der Waals surface area contributed by atoms with Gasteiger partial charge in [0.15, 0.2) is 0 Å². The Hall–Kier alpha value is -2.42. The first-order chi connectivity index (χ1) is 16.4. The third-order valence-corrected chi connectivity index (χ3v) is 6.88.